The first-order valence-corrected chi connectivity index (χ1v) is 13.3. The van der Waals surface area contributed by atoms with Gasteiger partial charge in [-0.15, -0.1) is 0 Å². The highest BCUT2D eigenvalue weighted by atomic mass is 79.9. The number of non-ortho nitro benzene ring substituents is 1. The van der Waals surface area contributed by atoms with Gasteiger partial charge in [-0.2, -0.15) is 13.2 Å². The molecule has 9 nitrogen and oxygen atoms in total. The van der Waals surface area contributed by atoms with Crippen LogP contribution in [0.25, 0.3) is 10.9 Å². The van der Waals surface area contributed by atoms with Crippen LogP contribution in [-0.4, -0.2) is 61.4 Å². The lowest BCUT2D eigenvalue weighted by atomic mass is 9.91. The van der Waals surface area contributed by atoms with Crippen LogP contribution in [0.5, 0.6) is 6.01 Å². The lowest BCUT2D eigenvalue weighted by molar-refractivity contribution is -0.384. The van der Waals surface area contributed by atoms with E-state index in [1.165, 1.54) is 22.9 Å². The molecule has 0 amide bonds. The minimum Gasteiger partial charge on any atom is -0.460 e. The first kappa shape index (κ1) is 28.0. The van der Waals surface area contributed by atoms with E-state index in [-0.39, 0.29) is 53.9 Å². The molecule has 4 aromatic rings. The van der Waals surface area contributed by atoms with Crippen LogP contribution in [0.15, 0.2) is 71.6 Å². The molecular formula is C27H25BrF3N5O4. The fourth-order valence-electron chi connectivity index (χ4n) is 4.98. The fourth-order valence-corrected chi connectivity index (χ4v) is 5.19. The molecule has 1 atom stereocenters. The van der Waals surface area contributed by atoms with Crippen molar-refractivity contribution in [2.24, 2.45) is 0 Å². The number of nitro benzene ring substituents is 1. The number of hydrogen-bond donors (Lipinski definition) is 1. The van der Waals surface area contributed by atoms with E-state index in [9.17, 15) is 28.4 Å². The van der Waals surface area contributed by atoms with E-state index in [4.69, 9.17) is 4.74 Å². The topological polar surface area (TPSA) is 107 Å². The molecule has 0 saturated carbocycles. The number of alkyl halides is 3. The van der Waals surface area contributed by atoms with Gasteiger partial charge in [0.05, 0.1) is 14.9 Å². The van der Waals surface area contributed by atoms with E-state index in [0.29, 0.717) is 17.3 Å². The van der Waals surface area contributed by atoms with Gasteiger partial charge in [-0.1, -0.05) is 30.3 Å². The molecule has 210 valence electrons. The summed E-state index contributed by atoms with van der Waals surface area (Å²) in [4.78, 5) is 20.5. The largest absolute Gasteiger partial charge is 0.460 e. The van der Waals surface area contributed by atoms with Gasteiger partial charge in [0.1, 0.15) is 6.10 Å². The van der Waals surface area contributed by atoms with Crippen molar-refractivity contribution in [2.45, 2.75) is 37.3 Å². The third-order valence-corrected chi connectivity index (χ3v) is 7.45. The number of nitro groups is 1. The summed E-state index contributed by atoms with van der Waals surface area (Å²) < 4.78 is 52.0. The van der Waals surface area contributed by atoms with Gasteiger partial charge in [0.15, 0.2) is 0 Å². The summed E-state index contributed by atoms with van der Waals surface area (Å²) in [5.41, 5.74) is -2.78. The summed E-state index contributed by atoms with van der Waals surface area (Å²) >= 11 is 3.25. The first-order chi connectivity index (χ1) is 19.0. The van der Waals surface area contributed by atoms with Crippen LogP contribution in [0.3, 0.4) is 0 Å². The summed E-state index contributed by atoms with van der Waals surface area (Å²) in [6.45, 7) is -0.00578. The van der Waals surface area contributed by atoms with Gasteiger partial charge >= 0.3 is 12.2 Å². The number of β-amino-alcohol motifs (C(OH)–C–C–N with tert-alkyl or cyclic N) is 1. The normalized spacial score (nSPS) is 16.6. The highest BCUT2D eigenvalue weighted by Crippen LogP contribution is 2.44. The molecule has 2 aromatic carbocycles. The average molecular weight is 620 g/mol. The summed E-state index contributed by atoms with van der Waals surface area (Å²) in [5, 5.41) is 22.9. The van der Waals surface area contributed by atoms with E-state index in [1.807, 2.05) is 18.2 Å². The van der Waals surface area contributed by atoms with Crippen LogP contribution in [0.4, 0.5) is 18.9 Å². The molecule has 5 rings (SSSR count). The highest BCUT2D eigenvalue weighted by molar-refractivity contribution is 9.10. The maximum Gasteiger partial charge on any atom is 0.422 e. The number of likely N-dealkylation sites (tertiary alicyclic amines) is 1. The van der Waals surface area contributed by atoms with Crippen LogP contribution in [-0.2, 0) is 12.1 Å². The maximum absolute atomic E-state index is 14.7. The molecule has 2 aromatic heterocycles. The molecule has 40 heavy (non-hydrogen) atoms. The van der Waals surface area contributed by atoms with Gasteiger partial charge in [-0.25, -0.2) is 9.97 Å². The number of halogens is 4. The van der Waals surface area contributed by atoms with Gasteiger partial charge < -0.3 is 14.4 Å². The Kier molecular flexibility index (Phi) is 7.80. The van der Waals surface area contributed by atoms with Crippen molar-refractivity contribution in [3.8, 4) is 6.01 Å². The Hall–Kier alpha value is -3.55. The predicted molar refractivity (Wildman–Crippen MR) is 144 cm³/mol. The minimum absolute atomic E-state index is 0.104. The van der Waals surface area contributed by atoms with Gasteiger partial charge in [-0.05, 0) is 40.4 Å². The molecule has 1 aliphatic rings. The van der Waals surface area contributed by atoms with Gasteiger partial charge in [0.25, 0.3) is 5.69 Å². The second kappa shape index (κ2) is 11.1. The molecular weight excluding hydrogens is 595 g/mol. The van der Waals surface area contributed by atoms with E-state index in [2.05, 4.69) is 25.9 Å². The third kappa shape index (κ3) is 5.81. The molecule has 1 aliphatic heterocycles. The van der Waals surface area contributed by atoms with Crippen LogP contribution in [0, 0.1) is 10.1 Å². The zero-order valence-corrected chi connectivity index (χ0v) is 22.7. The van der Waals surface area contributed by atoms with Crippen LogP contribution < -0.4 is 4.74 Å². The number of nitrogens with zero attached hydrogens (tertiary/aromatic N) is 5. The van der Waals surface area contributed by atoms with Crippen molar-refractivity contribution < 1.29 is 27.9 Å². The van der Waals surface area contributed by atoms with Crippen molar-refractivity contribution in [1.82, 2.24) is 19.4 Å². The Morgan fingerprint density at radius 3 is 2.40 bits per heavy atom. The van der Waals surface area contributed by atoms with E-state index in [1.54, 1.807) is 29.4 Å². The summed E-state index contributed by atoms with van der Waals surface area (Å²) in [5.74, 6) is 0. The molecule has 1 saturated heterocycles. The molecule has 1 N–H and O–H groups in total. The van der Waals surface area contributed by atoms with Crippen LogP contribution in [0.1, 0.15) is 24.0 Å². The SMILES string of the molecule is O=[N+]([O-])c1ccc2c(C(O)(CN3CCC(Oc4ncc(Br)cn4)CC3)C(F)(F)F)cn(Cc3ccccc3)c2c1. The predicted octanol–water partition coefficient (Wildman–Crippen LogP) is 5.44. The Morgan fingerprint density at radius 1 is 1.10 bits per heavy atom. The van der Waals surface area contributed by atoms with Gasteiger partial charge in [-0.3, -0.25) is 15.0 Å². The number of aromatic nitrogens is 3. The Bertz CT molecular complexity index is 1490. The van der Waals surface area contributed by atoms with Gasteiger partial charge in [0.2, 0.25) is 5.60 Å². The number of aliphatic hydroxyl groups is 1. The maximum atomic E-state index is 14.7. The number of piperidine rings is 1. The van der Waals surface area contributed by atoms with Crippen LogP contribution >= 0.6 is 15.9 Å². The molecule has 0 spiro atoms. The van der Waals surface area contributed by atoms with Gasteiger partial charge in [0, 0.05) is 67.9 Å². The van der Waals surface area contributed by atoms with E-state index >= 15 is 0 Å². The number of fused-ring (bicyclic) bond motifs is 1. The number of benzene rings is 2. The summed E-state index contributed by atoms with van der Waals surface area (Å²) in [6.07, 6.45) is -0.0858. The molecule has 1 fully saturated rings. The second-order valence-electron chi connectivity index (χ2n) is 9.75. The molecule has 3 heterocycles. The number of ether oxygens (including phenoxy) is 1. The zero-order valence-electron chi connectivity index (χ0n) is 21.1. The van der Waals surface area contributed by atoms with Crippen molar-refractivity contribution in [3.63, 3.8) is 0 Å². The molecule has 0 aliphatic carbocycles. The summed E-state index contributed by atoms with van der Waals surface area (Å²) in [6, 6.07) is 12.9. The Balaban J connectivity index is 1.43. The van der Waals surface area contributed by atoms with Crippen LogP contribution in [0.2, 0.25) is 0 Å². The molecule has 13 heteroatoms. The second-order valence-corrected chi connectivity index (χ2v) is 10.7. The lowest BCUT2D eigenvalue weighted by Crippen LogP contribution is -2.53. The Labute approximate surface area is 235 Å². The smallest absolute Gasteiger partial charge is 0.422 e. The van der Waals surface area contributed by atoms with Crippen molar-refractivity contribution in [3.05, 3.63) is 92.8 Å². The van der Waals surface area contributed by atoms with E-state index in [0.717, 1.165) is 11.6 Å². The van der Waals surface area contributed by atoms with Crippen molar-refractivity contribution in [1.29, 1.82) is 0 Å². The summed E-state index contributed by atoms with van der Waals surface area (Å²) in [7, 11) is 0. The Morgan fingerprint density at radius 2 is 1.77 bits per heavy atom. The molecule has 0 radical (unpaired) electrons. The molecule has 0 bridgehead atoms. The van der Waals surface area contributed by atoms with Crippen molar-refractivity contribution in [2.75, 3.05) is 19.6 Å². The lowest BCUT2D eigenvalue weighted by Gasteiger charge is -2.38. The van der Waals surface area contributed by atoms with Crippen molar-refractivity contribution >= 4 is 32.5 Å². The third-order valence-electron chi connectivity index (χ3n) is 7.04. The zero-order chi connectivity index (χ0) is 28.5. The average Bonchev–Trinajstić information content (AvgIpc) is 3.29. The monoisotopic (exact) mass is 619 g/mol. The highest BCUT2D eigenvalue weighted by Gasteiger charge is 2.57. The quantitative estimate of drug-likeness (QED) is 0.207. The number of rotatable bonds is 8. The fraction of sp³-hybridized carbons (Fsp3) is 0.333. The number of hydrogen-bond acceptors (Lipinski definition) is 7. The van der Waals surface area contributed by atoms with E-state index < -0.39 is 23.2 Å². The minimum atomic E-state index is -5.01. The standard InChI is InChI=1S/C27H25BrF3N5O4/c28-19-13-32-25(33-14-19)40-21-8-10-34(11-9-21)17-26(37,27(29,30)31)23-16-35(15-18-4-2-1-3-5-18)24-12-20(36(38)39)6-7-22(23)24/h1-7,12-14,16,21,37H,8-11,15,17H2. The first-order valence-electron chi connectivity index (χ1n) is 12.5. The molecule has 1 unspecified atom stereocenters.